The number of hydrogen-bond donors (Lipinski definition) is 1. The van der Waals surface area contributed by atoms with Gasteiger partial charge in [-0.05, 0) is 26.2 Å². The second kappa shape index (κ2) is 6.39. The Balaban J connectivity index is 2.71. The Bertz CT molecular complexity index is 335. The summed E-state index contributed by atoms with van der Waals surface area (Å²) >= 11 is 0. The molecule has 5 heteroatoms. The first-order chi connectivity index (χ1) is 8.06. The number of ether oxygens (including phenoxy) is 1. The van der Waals surface area contributed by atoms with E-state index < -0.39 is 5.97 Å². The normalized spacial score (nSPS) is 15.2. The Morgan fingerprint density at radius 2 is 2.12 bits per heavy atom. The number of carbonyl (C=O) groups is 2. The molecular weight excluding hydrogens is 222 g/mol. The zero-order chi connectivity index (χ0) is 12.8. The molecule has 0 bridgehead atoms. The lowest BCUT2D eigenvalue weighted by atomic mass is 10.1. The molecule has 1 rings (SSSR count). The smallest absolute Gasteiger partial charge is 0.323 e. The second-order valence-corrected chi connectivity index (χ2v) is 4.23. The Kier molecular flexibility index (Phi) is 5.15. The highest BCUT2D eigenvalue weighted by molar-refractivity contribution is 5.96. The van der Waals surface area contributed by atoms with Crippen molar-refractivity contribution in [2.75, 3.05) is 26.8 Å². The van der Waals surface area contributed by atoms with Crippen molar-refractivity contribution >= 4 is 11.9 Å². The van der Waals surface area contributed by atoms with Crippen LogP contribution in [0.15, 0.2) is 11.1 Å². The number of allylic oxidation sites excluding steroid dienone is 1. The molecule has 0 heterocycles. The van der Waals surface area contributed by atoms with Gasteiger partial charge in [-0.15, -0.1) is 0 Å². The van der Waals surface area contributed by atoms with Crippen LogP contribution < -0.4 is 0 Å². The van der Waals surface area contributed by atoms with Crippen LogP contribution in [0.2, 0.25) is 0 Å². The molecule has 0 spiro atoms. The summed E-state index contributed by atoms with van der Waals surface area (Å²) in [7, 11) is 1.53. The highest BCUT2D eigenvalue weighted by Gasteiger charge is 2.24. The lowest BCUT2D eigenvalue weighted by molar-refractivity contribution is -0.143. The van der Waals surface area contributed by atoms with E-state index in [9.17, 15) is 9.59 Å². The van der Waals surface area contributed by atoms with E-state index in [0.717, 1.165) is 30.4 Å². The summed E-state index contributed by atoms with van der Waals surface area (Å²) in [5, 5.41) is 8.79. The summed E-state index contributed by atoms with van der Waals surface area (Å²) in [6, 6.07) is 0. The van der Waals surface area contributed by atoms with E-state index >= 15 is 0 Å². The average molecular weight is 241 g/mol. The van der Waals surface area contributed by atoms with Gasteiger partial charge in [0.25, 0.3) is 0 Å². The number of carboxylic acid groups (broad SMARTS) is 1. The van der Waals surface area contributed by atoms with E-state index in [1.165, 1.54) is 12.0 Å². The van der Waals surface area contributed by atoms with E-state index in [1.807, 2.05) is 6.92 Å². The van der Waals surface area contributed by atoms with Crippen molar-refractivity contribution < 1.29 is 19.4 Å². The van der Waals surface area contributed by atoms with Crippen LogP contribution in [-0.2, 0) is 14.3 Å². The van der Waals surface area contributed by atoms with Crippen LogP contribution in [-0.4, -0.2) is 48.7 Å². The molecule has 1 amide bonds. The Morgan fingerprint density at radius 3 is 2.59 bits per heavy atom. The van der Waals surface area contributed by atoms with Gasteiger partial charge in [0.2, 0.25) is 5.91 Å². The average Bonchev–Trinajstić information content (AvgIpc) is 2.69. The van der Waals surface area contributed by atoms with Crippen LogP contribution >= 0.6 is 0 Å². The number of rotatable bonds is 6. The quantitative estimate of drug-likeness (QED) is 0.754. The van der Waals surface area contributed by atoms with Crippen LogP contribution in [0.3, 0.4) is 0 Å². The van der Waals surface area contributed by atoms with Gasteiger partial charge in [-0.1, -0.05) is 5.57 Å². The zero-order valence-electron chi connectivity index (χ0n) is 10.4. The molecule has 0 saturated carbocycles. The summed E-state index contributed by atoms with van der Waals surface area (Å²) in [4.78, 5) is 24.2. The molecule has 5 nitrogen and oxygen atoms in total. The minimum Gasteiger partial charge on any atom is -0.480 e. The Labute approximate surface area is 101 Å². The molecule has 17 heavy (non-hydrogen) atoms. The first-order valence-corrected chi connectivity index (χ1v) is 5.75. The van der Waals surface area contributed by atoms with Crippen LogP contribution in [0.4, 0.5) is 0 Å². The number of hydrogen-bond acceptors (Lipinski definition) is 3. The van der Waals surface area contributed by atoms with Gasteiger partial charge in [-0.2, -0.15) is 0 Å². The lowest BCUT2D eigenvalue weighted by Crippen LogP contribution is -2.38. The van der Waals surface area contributed by atoms with Gasteiger partial charge in [0, 0.05) is 19.2 Å². The molecule has 0 aromatic rings. The van der Waals surface area contributed by atoms with Crippen LogP contribution in [0, 0.1) is 0 Å². The summed E-state index contributed by atoms with van der Waals surface area (Å²) in [5.74, 6) is -1.15. The standard InChI is InChI=1S/C12H19NO4/c1-9-4-3-5-10(9)12(16)13(6-7-17-2)8-11(14)15/h3-8H2,1-2H3,(H,14,15). The number of carboxylic acids is 1. The van der Waals surface area contributed by atoms with Gasteiger partial charge in [-0.25, -0.2) is 0 Å². The van der Waals surface area contributed by atoms with E-state index in [0.29, 0.717) is 13.2 Å². The maximum absolute atomic E-state index is 12.1. The van der Waals surface area contributed by atoms with Crippen LogP contribution in [0.25, 0.3) is 0 Å². The van der Waals surface area contributed by atoms with Crippen molar-refractivity contribution in [3.8, 4) is 0 Å². The van der Waals surface area contributed by atoms with Crippen molar-refractivity contribution in [3.63, 3.8) is 0 Å². The van der Waals surface area contributed by atoms with Crippen LogP contribution in [0.1, 0.15) is 26.2 Å². The molecule has 1 N–H and O–H groups in total. The largest absolute Gasteiger partial charge is 0.480 e. The third-order valence-corrected chi connectivity index (χ3v) is 2.93. The molecular formula is C12H19NO4. The van der Waals surface area contributed by atoms with Gasteiger partial charge < -0.3 is 14.7 Å². The van der Waals surface area contributed by atoms with Gasteiger partial charge in [0.05, 0.1) is 6.61 Å². The summed E-state index contributed by atoms with van der Waals surface area (Å²) in [6.45, 7) is 2.35. The highest BCUT2D eigenvalue weighted by Crippen LogP contribution is 2.26. The number of amides is 1. The fourth-order valence-electron chi connectivity index (χ4n) is 1.99. The van der Waals surface area contributed by atoms with Crippen molar-refractivity contribution in [2.24, 2.45) is 0 Å². The number of nitrogens with zero attached hydrogens (tertiary/aromatic N) is 1. The number of aliphatic carboxylic acids is 1. The fraction of sp³-hybridized carbons (Fsp3) is 0.667. The molecule has 0 radical (unpaired) electrons. The van der Waals surface area contributed by atoms with Crippen molar-refractivity contribution in [1.29, 1.82) is 0 Å². The molecule has 0 unspecified atom stereocenters. The lowest BCUT2D eigenvalue weighted by Gasteiger charge is -2.21. The van der Waals surface area contributed by atoms with Crippen LogP contribution in [0.5, 0.6) is 0 Å². The maximum atomic E-state index is 12.1. The van der Waals surface area contributed by atoms with E-state index in [-0.39, 0.29) is 12.5 Å². The van der Waals surface area contributed by atoms with Gasteiger partial charge in [0.1, 0.15) is 6.54 Å². The number of methoxy groups -OCH3 is 1. The summed E-state index contributed by atoms with van der Waals surface area (Å²) in [5.41, 5.74) is 1.87. The molecule has 96 valence electrons. The van der Waals surface area contributed by atoms with E-state index in [2.05, 4.69) is 0 Å². The fourth-order valence-corrected chi connectivity index (χ4v) is 1.99. The Hall–Kier alpha value is -1.36. The minimum absolute atomic E-state index is 0.153. The molecule has 1 aliphatic rings. The predicted octanol–water partition coefficient (Wildman–Crippen LogP) is 1.05. The minimum atomic E-state index is -0.995. The monoisotopic (exact) mass is 241 g/mol. The Morgan fingerprint density at radius 1 is 1.41 bits per heavy atom. The van der Waals surface area contributed by atoms with Crippen molar-refractivity contribution in [2.45, 2.75) is 26.2 Å². The first kappa shape index (κ1) is 13.7. The van der Waals surface area contributed by atoms with Crippen molar-refractivity contribution in [1.82, 2.24) is 4.90 Å². The zero-order valence-corrected chi connectivity index (χ0v) is 10.4. The van der Waals surface area contributed by atoms with Gasteiger partial charge in [-0.3, -0.25) is 9.59 Å². The molecule has 0 saturated heterocycles. The summed E-state index contributed by atoms with van der Waals surface area (Å²) < 4.78 is 4.89. The SMILES string of the molecule is COCCN(CC(=O)O)C(=O)C1=C(C)CCC1. The first-order valence-electron chi connectivity index (χ1n) is 5.75. The maximum Gasteiger partial charge on any atom is 0.323 e. The molecule has 0 aromatic heterocycles. The second-order valence-electron chi connectivity index (χ2n) is 4.23. The molecule has 0 atom stereocenters. The van der Waals surface area contributed by atoms with E-state index in [4.69, 9.17) is 9.84 Å². The third kappa shape index (κ3) is 3.85. The molecule has 0 aromatic carbocycles. The number of carbonyl (C=O) groups excluding carboxylic acids is 1. The summed E-state index contributed by atoms with van der Waals surface area (Å²) in [6.07, 6.45) is 2.68. The highest BCUT2D eigenvalue weighted by atomic mass is 16.5. The van der Waals surface area contributed by atoms with Crippen molar-refractivity contribution in [3.05, 3.63) is 11.1 Å². The van der Waals surface area contributed by atoms with Gasteiger partial charge in [0.15, 0.2) is 0 Å². The molecule has 0 aliphatic heterocycles. The van der Waals surface area contributed by atoms with Gasteiger partial charge >= 0.3 is 5.97 Å². The predicted molar refractivity (Wildman–Crippen MR) is 62.6 cm³/mol. The molecule has 0 fully saturated rings. The third-order valence-electron chi connectivity index (χ3n) is 2.93. The van der Waals surface area contributed by atoms with E-state index in [1.54, 1.807) is 0 Å². The topological polar surface area (TPSA) is 66.8 Å². The molecule has 1 aliphatic carbocycles.